The number of halogens is 3. The fourth-order valence-corrected chi connectivity index (χ4v) is 5.25. The van der Waals surface area contributed by atoms with Gasteiger partial charge in [0.1, 0.15) is 18.2 Å². The van der Waals surface area contributed by atoms with Crippen molar-refractivity contribution < 1.29 is 32.6 Å². The monoisotopic (exact) mass is 630 g/mol. The number of aliphatic carboxylic acids is 1. The Morgan fingerprint density at radius 2 is 1.84 bits per heavy atom. The number of piperidine rings is 1. The Balaban J connectivity index is 0.000000566. The van der Waals surface area contributed by atoms with Gasteiger partial charge in [-0.25, -0.2) is 9.78 Å². The summed E-state index contributed by atoms with van der Waals surface area (Å²) in [5.41, 5.74) is 3.60. The molecule has 1 amide bonds. The number of carboxylic acids is 1. The van der Waals surface area contributed by atoms with Crippen LogP contribution in [-0.2, 0) is 11.4 Å². The lowest BCUT2D eigenvalue weighted by Crippen LogP contribution is -2.52. The van der Waals surface area contributed by atoms with Crippen LogP contribution >= 0.6 is 12.2 Å². The molecule has 0 spiro atoms. The van der Waals surface area contributed by atoms with Gasteiger partial charge in [0.25, 0.3) is 5.91 Å². The SMILES string of the molecule is CCCN1CCC(c2nc(=S)[nH][nH]2)C(NC(=O)c2ccc(OCc3cc(C)nc4ccccc34)cc2)C1.O=C(O)C(F)(F)F. The van der Waals surface area contributed by atoms with Gasteiger partial charge in [-0.3, -0.25) is 20.0 Å². The highest BCUT2D eigenvalue weighted by atomic mass is 32.1. The van der Waals surface area contributed by atoms with Crippen molar-refractivity contribution >= 4 is 35.0 Å². The van der Waals surface area contributed by atoms with Crippen molar-refractivity contribution in [1.82, 2.24) is 30.4 Å². The minimum absolute atomic E-state index is 0.0686. The van der Waals surface area contributed by atoms with Gasteiger partial charge >= 0.3 is 12.1 Å². The molecule has 1 aliphatic heterocycles. The number of para-hydroxylation sites is 1. The van der Waals surface area contributed by atoms with Gasteiger partial charge < -0.3 is 20.1 Å². The number of benzene rings is 2. The number of aryl methyl sites for hydroxylation is 1. The van der Waals surface area contributed by atoms with E-state index in [0.29, 0.717) is 22.7 Å². The Hall–Kier alpha value is -4.30. The van der Waals surface area contributed by atoms with Crippen LogP contribution in [0.25, 0.3) is 10.9 Å². The fourth-order valence-electron chi connectivity index (χ4n) is 5.10. The van der Waals surface area contributed by atoms with E-state index in [-0.39, 0.29) is 17.9 Å². The zero-order valence-corrected chi connectivity index (χ0v) is 25.0. The molecular weight excluding hydrogens is 597 g/mol. The third-order valence-electron chi connectivity index (χ3n) is 7.11. The molecule has 0 saturated carbocycles. The number of hydrogen-bond acceptors (Lipinski definition) is 7. The van der Waals surface area contributed by atoms with Gasteiger partial charge in [-0.2, -0.15) is 13.2 Å². The molecule has 44 heavy (non-hydrogen) atoms. The summed E-state index contributed by atoms with van der Waals surface area (Å²) >= 11 is 5.15. The average Bonchev–Trinajstić information content (AvgIpc) is 3.42. The second-order valence-electron chi connectivity index (χ2n) is 10.4. The second-order valence-corrected chi connectivity index (χ2v) is 10.8. The molecule has 1 aliphatic rings. The molecule has 1 fully saturated rings. The Morgan fingerprint density at radius 3 is 2.48 bits per heavy atom. The minimum Gasteiger partial charge on any atom is -0.489 e. The molecule has 234 valence electrons. The van der Waals surface area contributed by atoms with Crippen LogP contribution < -0.4 is 10.1 Å². The Kier molecular flexibility index (Phi) is 10.7. The molecule has 0 bridgehead atoms. The summed E-state index contributed by atoms with van der Waals surface area (Å²) in [5.74, 6) is -1.28. The van der Waals surface area contributed by atoms with Crippen LogP contribution in [0.5, 0.6) is 5.75 Å². The lowest BCUT2D eigenvalue weighted by atomic mass is 9.90. The standard InChI is InChI=1S/C28H32N6O2S.C2HF3O2/c1-3-13-34-14-12-23(26-31-28(37)33-32-26)25(16-34)30-27(35)19-8-10-21(11-9-19)36-17-20-15-18(2)29-24-7-5-4-6-22(20)24;3-2(4,5)1(6)7/h4-11,15,23,25H,3,12-14,16-17H2,1-2H3,(H,30,35)(H2,31,32,33,37);(H,6,7). The number of fused-ring (bicyclic) bond motifs is 1. The Bertz CT molecular complexity index is 1640. The average molecular weight is 631 g/mol. The summed E-state index contributed by atoms with van der Waals surface area (Å²) in [4.78, 5) is 33.5. The molecule has 14 heteroatoms. The number of carbonyl (C=O) groups is 2. The first-order valence-corrected chi connectivity index (χ1v) is 14.4. The zero-order chi connectivity index (χ0) is 31.9. The second kappa shape index (κ2) is 14.4. The molecule has 2 atom stereocenters. The predicted octanol–water partition coefficient (Wildman–Crippen LogP) is 5.53. The number of rotatable bonds is 8. The molecule has 5 rings (SSSR count). The molecule has 2 aromatic carbocycles. The molecule has 1 saturated heterocycles. The lowest BCUT2D eigenvalue weighted by molar-refractivity contribution is -0.192. The molecule has 0 radical (unpaired) electrons. The summed E-state index contributed by atoms with van der Waals surface area (Å²) in [6.07, 6.45) is -3.11. The molecule has 4 N–H and O–H groups in total. The summed E-state index contributed by atoms with van der Waals surface area (Å²) in [7, 11) is 0. The first-order chi connectivity index (χ1) is 20.9. The first-order valence-electron chi connectivity index (χ1n) is 14.0. The highest BCUT2D eigenvalue weighted by Gasteiger charge is 2.38. The maximum Gasteiger partial charge on any atom is 0.490 e. The molecule has 0 aliphatic carbocycles. The van der Waals surface area contributed by atoms with Gasteiger partial charge in [0, 0.05) is 34.7 Å². The number of ether oxygens (including phenoxy) is 1. The van der Waals surface area contributed by atoms with Crippen LogP contribution in [0.1, 0.15) is 53.1 Å². The summed E-state index contributed by atoms with van der Waals surface area (Å²) in [5, 5.41) is 17.4. The number of carboxylic acid groups (broad SMARTS) is 1. The quantitative estimate of drug-likeness (QED) is 0.187. The van der Waals surface area contributed by atoms with Gasteiger partial charge in [0.2, 0.25) is 4.77 Å². The van der Waals surface area contributed by atoms with Gasteiger partial charge in [0.05, 0.1) is 11.6 Å². The molecular formula is C30H33F3N6O4S. The number of aromatic nitrogens is 4. The lowest BCUT2D eigenvalue weighted by Gasteiger charge is -2.38. The van der Waals surface area contributed by atoms with Crippen molar-refractivity contribution in [3.63, 3.8) is 0 Å². The number of H-pyrrole nitrogens is 2. The molecule has 2 aromatic heterocycles. The molecule has 10 nitrogen and oxygen atoms in total. The number of alkyl halides is 3. The summed E-state index contributed by atoms with van der Waals surface area (Å²) < 4.78 is 38.2. The molecule has 2 unspecified atom stereocenters. The van der Waals surface area contributed by atoms with Crippen molar-refractivity contribution in [1.29, 1.82) is 0 Å². The van der Waals surface area contributed by atoms with Crippen molar-refractivity contribution in [3.05, 3.63) is 82.0 Å². The predicted molar refractivity (Wildman–Crippen MR) is 160 cm³/mol. The van der Waals surface area contributed by atoms with E-state index in [1.165, 1.54) is 0 Å². The normalized spacial score (nSPS) is 17.0. The topological polar surface area (TPSA) is 136 Å². The summed E-state index contributed by atoms with van der Waals surface area (Å²) in [6.45, 7) is 7.34. The van der Waals surface area contributed by atoms with E-state index in [1.54, 1.807) is 0 Å². The largest absolute Gasteiger partial charge is 0.490 e. The smallest absolute Gasteiger partial charge is 0.489 e. The van der Waals surface area contributed by atoms with Crippen LogP contribution in [-0.4, -0.2) is 73.9 Å². The zero-order valence-electron chi connectivity index (χ0n) is 24.1. The van der Waals surface area contributed by atoms with Crippen molar-refractivity contribution in [2.24, 2.45) is 0 Å². The highest BCUT2D eigenvalue weighted by Crippen LogP contribution is 2.27. The Labute approximate surface area is 256 Å². The van der Waals surface area contributed by atoms with Crippen LogP contribution in [0.15, 0.2) is 54.6 Å². The third-order valence-corrected chi connectivity index (χ3v) is 7.30. The van der Waals surface area contributed by atoms with E-state index >= 15 is 0 Å². The van der Waals surface area contributed by atoms with Crippen LogP contribution in [0.4, 0.5) is 13.2 Å². The van der Waals surface area contributed by atoms with E-state index in [0.717, 1.165) is 60.5 Å². The number of aromatic amines is 2. The number of hydrogen-bond donors (Lipinski definition) is 4. The third kappa shape index (κ3) is 8.63. The van der Waals surface area contributed by atoms with Crippen molar-refractivity contribution in [2.45, 2.75) is 51.4 Å². The van der Waals surface area contributed by atoms with Crippen LogP contribution in [0.3, 0.4) is 0 Å². The Morgan fingerprint density at radius 1 is 1.14 bits per heavy atom. The number of amides is 1. The van der Waals surface area contributed by atoms with E-state index in [1.807, 2.05) is 49.4 Å². The van der Waals surface area contributed by atoms with Crippen molar-refractivity contribution in [3.8, 4) is 5.75 Å². The molecule has 3 heterocycles. The van der Waals surface area contributed by atoms with Gasteiger partial charge in [-0.1, -0.05) is 25.1 Å². The van der Waals surface area contributed by atoms with E-state index < -0.39 is 12.1 Å². The highest BCUT2D eigenvalue weighted by molar-refractivity contribution is 7.71. The van der Waals surface area contributed by atoms with E-state index in [9.17, 15) is 18.0 Å². The van der Waals surface area contributed by atoms with Crippen LogP contribution in [0.2, 0.25) is 0 Å². The van der Waals surface area contributed by atoms with Crippen LogP contribution in [0, 0.1) is 11.7 Å². The number of nitrogens with one attached hydrogen (secondary N) is 3. The maximum absolute atomic E-state index is 13.2. The van der Waals surface area contributed by atoms with Gasteiger partial charge in [-0.15, -0.1) is 0 Å². The van der Waals surface area contributed by atoms with Gasteiger partial charge in [-0.05, 0) is 81.5 Å². The maximum atomic E-state index is 13.2. The number of carbonyl (C=O) groups excluding carboxylic acids is 1. The molecule has 4 aromatic rings. The van der Waals surface area contributed by atoms with Gasteiger partial charge in [0.15, 0.2) is 0 Å². The van der Waals surface area contributed by atoms with Crippen molar-refractivity contribution in [2.75, 3.05) is 19.6 Å². The number of nitrogens with zero attached hydrogens (tertiary/aromatic N) is 3. The fraction of sp³-hybridized carbons (Fsp3) is 0.367. The van der Waals surface area contributed by atoms with E-state index in [4.69, 9.17) is 26.9 Å². The first kappa shape index (κ1) is 32.6. The van der Waals surface area contributed by atoms with E-state index in [2.05, 4.69) is 49.4 Å². The minimum atomic E-state index is -5.08. The number of pyridine rings is 1. The number of likely N-dealkylation sites (tertiary alicyclic amines) is 1. The summed E-state index contributed by atoms with van der Waals surface area (Å²) in [6, 6.07) is 17.4.